The second-order valence-electron chi connectivity index (χ2n) is 5.22. The van der Waals surface area contributed by atoms with E-state index in [-0.39, 0.29) is 0 Å². The van der Waals surface area contributed by atoms with E-state index in [0.29, 0.717) is 0 Å². The Morgan fingerprint density at radius 2 is 1.24 bits per heavy atom. The molecule has 2 heterocycles. The second kappa shape index (κ2) is 6.08. The molecule has 2 fully saturated rings. The van der Waals surface area contributed by atoms with Crippen molar-refractivity contribution in [2.45, 2.75) is 45.4 Å². The van der Waals surface area contributed by atoms with E-state index in [1.165, 1.54) is 44.3 Å². The van der Waals surface area contributed by atoms with Crippen LogP contribution in [0.3, 0.4) is 0 Å². The smallest absolute Gasteiger partial charge is 0.149 e. The first-order valence-corrected chi connectivity index (χ1v) is 6.99. The largest absolute Gasteiger partial charge is 0.358 e. The molecule has 0 saturated carbocycles. The fourth-order valence-corrected chi connectivity index (χ4v) is 2.96. The molecule has 0 aromatic rings. The maximum absolute atomic E-state index is 11.1. The molecule has 0 aromatic carbocycles. The lowest BCUT2D eigenvalue weighted by atomic mass is 10.1. The predicted molar refractivity (Wildman–Crippen MR) is 69.6 cm³/mol. The molecule has 0 bridgehead atoms. The predicted octanol–water partition coefficient (Wildman–Crippen LogP) is 2.39. The first kappa shape index (κ1) is 12.5. The lowest BCUT2D eigenvalue weighted by Crippen LogP contribution is -2.41. The molecule has 0 aromatic heterocycles. The van der Waals surface area contributed by atoms with Crippen LogP contribution >= 0.6 is 0 Å². The minimum atomic E-state index is 0.911. The zero-order chi connectivity index (χ0) is 12.1. The van der Waals surface area contributed by atoms with Crippen LogP contribution in [0.1, 0.15) is 45.4 Å². The molecule has 3 heteroatoms. The molecule has 0 atom stereocenters. The Kier molecular flexibility index (Phi) is 4.46. The fourth-order valence-electron chi connectivity index (χ4n) is 2.96. The van der Waals surface area contributed by atoms with Crippen molar-refractivity contribution in [2.75, 3.05) is 26.2 Å². The molecule has 2 rings (SSSR count). The van der Waals surface area contributed by atoms with Crippen LogP contribution in [0.2, 0.25) is 0 Å². The zero-order valence-corrected chi connectivity index (χ0v) is 11.0. The number of hydrogen-bond acceptors (Lipinski definition) is 3. The Hall–Kier alpha value is -0.990. The third-order valence-electron chi connectivity index (χ3n) is 3.84. The highest BCUT2D eigenvalue weighted by molar-refractivity contribution is 5.73. The van der Waals surface area contributed by atoms with Gasteiger partial charge in [-0.05, 0) is 45.4 Å². The van der Waals surface area contributed by atoms with Crippen molar-refractivity contribution in [3.05, 3.63) is 11.4 Å². The first-order valence-electron chi connectivity index (χ1n) is 6.99. The summed E-state index contributed by atoms with van der Waals surface area (Å²) in [7, 11) is 0. The highest BCUT2D eigenvalue weighted by Gasteiger charge is 2.22. The Labute approximate surface area is 104 Å². The van der Waals surface area contributed by atoms with E-state index in [2.05, 4.69) is 9.80 Å². The van der Waals surface area contributed by atoms with Crippen LogP contribution in [-0.2, 0) is 4.79 Å². The summed E-state index contributed by atoms with van der Waals surface area (Å²) in [5.74, 6) is 1.22. The van der Waals surface area contributed by atoms with Gasteiger partial charge in [0, 0.05) is 31.8 Å². The van der Waals surface area contributed by atoms with Crippen LogP contribution in [0.5, 0.6) is 0 Å². The average Bonchev–Trinajstić information content (AvgIpc) is 2.41. The van der Waals surface area contributed by atoms with E-state index >= 15 is 0 Å². The van der Waals surface area contributed by atoms with Crippen molar-refractivity contribution in [2.24, 2.45) is 0 Å². The number of rotatable bonds is 3. The van der Waals surface area contributed by atoms with E-state index in [0.717, 1.165) is 38.0 Å². The lowest BCUT2D eigenvalue weighted by molar-refractivity contribution is -0.105. The number of carbonyl (C=O) groups is 1. The number of allylic oxidation sites excluding steroid dienone is 1. The molecule has 0 aliphatic carbocycles. The van der Waals surface area contributed by atoms with Crippen molar-refractivity contribution >= 4 is 6.29 Å². The minimum absolute atomic E-state index is 0.911. The number of piperidine rings is 2. The van der Waals surface area contributed by atoms with E-state index in [1.54, 1.807) is 0 Å². The zero-order valence-electron chi connectivity index (χ0n) is 11.0. The number of aldehydes is 1. The molecule has 0 radical (unpaired) electrons. The molecule has 2 aliphatic heterocycles. The summed E-state index contributed by atoms with van der Waals surface area (Å²) in [6.07, 6.45) is 8.77. The van der Waals surface area contributed by atoms with Gasteiger partial charge in [0.2, 0.25) is 0 Å². The van der Waals surface area contributed by atoms with Gasteiger partial charge in [-0.1, -0.05) is 0 Å². The minimum Gasteiger partial charge on any atom is -0.358 e. The summed E-state index contributed by atoms with van der Waals surface area (Å²) in [4.78, 5) is 16.0. The summed E-state index contributed by atoms with van der Waals surface area (Å²) >= 11 is 0. The molecule has 0 spiro atoms. The van der Waals surface area contributed by atoms with Crippen molar-refractivity contribution in [3.63, 3.8) is 0 Å². The molecular formula is C14H24N2O. The monoisotopic (exact) mass is 236 g/mol. The van der Waals surface area contributed by atoms with Gasteiger partial charge in [-0.15, -0.1) is 0 Å². The Morgan fingerprint density at radius 1 is 0.824 bits per heavy atom. The fraction of sp³-hybridized carbons (Fsp3) is 0.786. The quantitative estimate of drug-likeness (QED) is 0.555. The lowest BCUT2D eigenvalue weighted by Gasteiger charge is -2.40. The summed E-state index contributed by atoms with van der Waals surface area (Å²) in [6, 6.07) is 0. The molecule has 0 amide bonds. The number of likely N-dealkylation sites (tertiary alicyclic amines) is 2. The topological polar surface area (TPSA) is 23.6 Å². The third-order valence-corrected chi connectivity index (χ3v) is 3.84. The summed E-state index contributed by atoms with van der Waals surface area (Å²) in [6.45, 7) is 6.45. The Morgan fingerprint density at radius 3 is 1.59 bits per heavy atom. The first-order chi connectivity index (χ1) is 8.33. The Balaban J connectivity index is 2.14. The van der Waals surface area contributed by atoms with Crippen molar-refractivity contribution in [1.82, 2.24) is 9.80 Å². The standard InChI is InChI=1S/C14H24N2O/c1-13(12-17)14(15-8-4-2-5-9-15)16-10-6-3-7-11-16/h12H,2-11H2,1H3. The van der Waals surface area contributed by atoms with Gasteiger partial charge in [-0.2, -0.15) is 0 Å². The second-order valence-corrected chi connectivity index (χ2v) is 5.22. The van der Waals surface area contributed by atoms with Crippen LogP contribution in [-0.4, -0.2) is 42.3 Å². The number of hydrogen-bond donors (Lipinski definition) is 0. The van der Waals surface area contributed by atoms with E-state index in [1.807, 2.05) is 6.92 Å². The average molecular weight is 236 g/mol. The van der Waals surface area contributed by atoms with Gasteiger partial charge in [0.1, 0.15) is 12.1 Å². The van der Waals surface area contributed by atoms with Gasteiger partial charge in [-0.3, -0.25) is 4.79 Å². The molecule has 2 saturated heterocycles. The van der Waals surface area contributed by atoms with Crippen LogP contribution in [0, 0.1) is 0 Å². The molecule has 2 aliphatic rings. The molecule has 3 nitrogen and oxygen atoms in total. The van der Waals surface area contributed by atoms with E-state index in [9.17, 15) is 4.79 Å². The van der Waals surface area contributed by atoms with Gasteiger partial charge in [-0.25, -0.2) is 0 Å². The SMILES string of the molecule is CC(C=O)=C(N1CCCCC1)N1CCCCC1. The maximum Gasteiger partial charge on any atom is 0.149 e. The van der Waals surface area contributed by atoms with Gasteiger partial charge < -0.3 is 9.80 Å². The van der Waals surface area contributed by atoms with Gasteiger partial charge >= 0.3 is 0 Å². The summed E-state index contributed by atoms with van der Waals surface area (Å²) < 4.78 is 0. The summed E-state index contributed by atoms with van der Waals surface area (Å²) in [5.41, 5.74) is 0.911. The van der Waals surface area contributed by atoms with Crippen molar-refractivity contribution in [1.29, 1.82) is 0 Å². The van der Waals surface area contributed by atoms with E-state index in [4.69, 9.17) is 0 Å². The third kappa shape index (κ3) is 3.02. The van der Waals surface area contributed by atoms with Crippen LogP contribution in [0.15, 0.2) is 11.4 Å². The number of nitrogens with zero attached hydrogens (tertiary/aromatic N) is 2. The van der Waals surface area contributed by atoms with Crippen molar-refractivity contribution < 1.29 is 4.79 Å². The van der Waals surface area contributed by atoms with Crippen LogP contribution < -0.4 is 0 Å². The maximum atomic E-state index is 11.1. The normalized spacial score (nSPS) is 21.2. The van der Waals surface area contributed by atoms with Crippen LogP contribution in [0.25, 0.3) is 0 Å². The summed E-state index contributed by atoms with van der Waals surface area (Å²) in [5, 5.41) is 0. The highest BCUT2D eigenvalue weighted by Crippen LogP contribution is 2.23. The molecule has 0 N–H and O–H groups in total. The highest BCUT2D eigenvalue weighted by atomic mass is 16.1. The van der Waals surface area contributed by atoms with Gasteiger partial charge in [0.15, 0.2) is 0 Å². The van der Waals surface area contributed by atoms with Crippen LogP contribution in [0.4, 0.5) is 0 Å². The van der Waals surface area contributed by atoms with Gasteiger partial charge in [0.05, 0.1) is 0 Å². The molecule has 0 unspecified atom stereocenters. The van der Waals surface area contributed by atoms with Crippen molar-refractivity contribution in [3.8, 4) is 0 Å². The molecular weight excluding hydrogens is 212 g/mol. The number of carbonyl (C=O) groups excluding carboxylic acids is 1. The van der Waals surface area contributed by atoms with Gasteiger partial charge in [0.25, 0.3) is 0 Å². The Bertz CT molecular complexity index is 267. The van der Waals surface area contributed by atoms with E-state index < -0.39 is 0 Å². The molecule has 17 heavy (non-hydrogen) atoms. The molecule has 96 valence electrons.